The number of ether oxygens (including phenoxy) is 1. The summed E-state index contributed by atoms with van der Waals surface area (Å²) in [7, 11) is -1.77. The number of nitrogens with zero attached hydrogens (tertiary/aromatic N) is 3. The van der Waals surface area contributed by atoms with Crippen molar-refractivity contribution < 1.29 is 23.1 Å². The van der Waals surface area contributed by atoms with Gasteiger partial charge >= 0.3 is 0 Å². The SMILES string of the molecule is CNc1cc(-c2ccnc3ccc(O)cc23)cnc1S(C)(=O)=O.O=C(C1CCOCC1)N1CCCC1. The smallest absolute Gasteiger partial charge is 0.225 e. The van der Waals surface area contributed by atoms with Crippen molar-refractivity contribution in [1.82, 2.24) is 14.9 Å². The maximum absolute atomic E-state index is 11.9. The van der Waals surface area contributed by atoms with Crippen LogP contribution in [0, 0.1) is 5.92 Å². The minimum atomic E-state index is -3.42. The average molecular weight is 513 g/mol. The van der Waals surface area contributed by atoms with Crippen molar-refractivity contribution in [3.05, 3.63) is 42.7 Å². The number of amides is 1. The Balaban J connectivity index is 0.000000197. The summed E-state index contributed by atoms with van der Waals surface area (Å²) in [6, 6.07) is 8.45. The van der Waals surface area contributed by atoms with E-state index in [1.807, 2.05) is 4.90 Å². The predicted octanol–water partition coefficient (Wildman–Crippen LogP) is 3.48. The molecular formula is C26H32N4O5S. The van der Waals surface area contributed by atoms with Crippen LogP contribution >= 0.6 is 0 Å². The number of aromatic hydroxyl groups is 1. The number of phenols is 1. The number of benzene rings is 1. The molecule has 36 heavy (non-hydrogen) atoms. The third-order valence-corrected chi connectivity index (χ3v) is 7.52. The largest absolute Gasteiger partial charge is 0.508 e. The summed E-state index contributed by atoms with van der Waals surface area (Å²) < 4.78 is 28.8. The number of pyridine rings is 2. The highest BCUT2D eigenvalue weighted by Gasteiger charge is 2.27. The van der Waals surface area contributed by atoms with Gasteiger partial charge in [0.2, 0.25) is 5.91 Å². The zero-order valence-corrected chi connectivity index (χ0v) is 21.4. The van der Waals surface area contributed by atoms with Crippen LogP contribution in [0.5, 0.6) is 5.75 Å². The van der Waals surface area contributed by atoms with Crippen LogP contribution in [0.15, 0.2) is 47.8 Å². The molecule has 2 saturated heterocycles. The molecule has 2 aliphatic rings. The summed E-state index contributed by atoms with van der Waals surface area (Å²) in [5, 5.41) is 13.4. The molecule has 0 unspecified atom stereocenters. The molecule has 5 rings (SSSR count). The van der Waals surface area contributed by atoms with Crippen LogP contribution in [0.25, 0.3) is 22.0 Å². The number of anilines is 1. The Morgan fingerprint density at radius 1 is 1.11 bits per heavy atom. The zero-order valence-electron chi connectivity index (χ0n) is 20.6. The molecule has 2 aliphatic heterocycles. The number of fused-ring (bicyclic) bond motifs is 1. The van der Waals surface area contributed by atoms with Gasteiger partial charge in [0.05, 0.1) is 11.2 Å². The van der Waals surface area contributed by atoms with Crippen molar-refractivity contribution in [2.24, 2.45) is 5.92 Å². The molecule has 2 aromatic heterocycles. The van der Waals surface area contributed by atoms with E-state index in [-0.39, 0.29) is 16.7 Å². The third kappa shape index (κ3) is 5.93. The van der Waals surface area contributed by atoms with Crippen molar-refractivity contribution in [2.45, 2.75) is 30.7 Å². The minimum absolute atomic E-state index is 0.00459. The standard InChI is InChI=1S/C16H15N3O3S.C10H17NO2/c1-17-15-7-10(9-19-16(15)23(2,21)22)12-5-6-18-14-4-3-11(20)8-13(12)14;12-10(11-5-1-2-6-11)9-3-7-13-8-4-9/h3-9,17,20H,1-2H3;9H,1-8H2. The van der Waals surface area contributed by atoms with Crippen molar-refractivity contribution in [3.8, 4) is 16.9 Å². The van der Waals surface area contributed by atoms with E-state index < -0.39 is 9.84 Å². The topological polar surface area (TPSA) is 122 Å². The molecule has 0 spiro atoms. The van der Waals surface area contributed by atoms with Crippen molar-refractivity contribution >= 4 is 32.3 Å². The molecule has 1 aromatic carbocycles. The molecule has 10 heteroatoms. The summed E-state index contributed by atoms with van der Waals surface area (Å²) in [5.41, 5.74) is 2.71. The van der Waals surface area contributed by atoms with Gasteiger partial charge in [0, 0.05) is 68.9 Å². The number of aromatic nitrogens is 2. The number of hydrogen-bond donors (Lipinski definition) is 2. The highest BCUT2D eigenvalue weighted by atomic mass is 32.2. The van der Waals surface area contributed by atoms with E-state index in [2.05, 4.69) is 15.3 Å². The first kappa shape index (κ1) is 25.8. The van der Waals surface area contributed by atoms with Gasteiger partial charge in [-0.05, 0) is 61.6 Å². The van der Waals surface area contributed by atoms with E-state index in [9.17, 15) is 18.3 Å². The lowest BCUT2D eigenvalue weighted by molar-refractivity contribution is -0.137. The fourth-order valence-corrected chi connectivity index (χ4v) is 5.40. The number of phenolic OH excluding ortho intramolecular Hbond substituents is 1. The number of carbonyl (C=O) groups excluding carboxylic acids is 1. The Hall–Kier alpha value is -3.24. The highest BCUT2D eigenvalue weighted by molar-refractivity contribution is 7.90. The maximum Gasteiger partial charge on any atom is 0.225 e. The Bertz CT molecular complexity index is 1330. The molecule has 0 bridgehead atoms. The second-order valence-electron chi connectivity index (χ2n) is 9.08. The van der Waals surface area contributed by atoms with Crippen molar-refractivity contribution in [3.63, 3.8) is 0 Å². The van der Waals surface area contributed by atoms with E-state index in [1.165, 1.54) is 19.0 Å². The Labute approximate surface area is 211 Å². The third-order valence-electron chi connectivity index (χ3n) is 6.50. The lowest BCUT2D eigenvalue weighted by Crippen LogP contribution is -2.36. The second-order valence-corrected chi connectivity index (χ2v) is 11.0. The van der Waals surface area contributed by atoms with Crippen molar-refractivity contribution in [2.75, 3.05) is 44.9 Å². The Morgan fingerprint density at radius 2 is 1.83 bits per heavy atom. The van der Waals surface area contributed by atoms with Crippen molar-refractivity contribution in [1.29, 1.82) is 0 Å². The number of likely N-dealkylation sites (tertiary alicyclic amines) is 1. The van der Waals surface area contributed by atoms with E-state index in [4.69, 9.17) is 4.74 Å². The van der Waals surface area contributed by atoms with Crippen LogP contribution < -0.4 is 5.32 Å². The fraction of sp³-hybridized carbons (Fsp3) is 0.423. The Morgan fingerprint density at radius 3 is 2.50 bits per heavy atom. The van der Waals surface area contributed by atoms with Gasteiger partial charge in [-0.3, -0.25) is 9.78 Å². The lowest BCUT2D eigenvalue weighted by Gasteiger charge is -2.25. The van der Waals surface area contributed by atoms with Gasteiger partial charge in [-0.25, -0.2) is 13.4 Å². The van der Waals surface area contributed by atoms with E-state index in [0.29, 0.717) is 11.6 Å². The average Bonchev–Trinajstić information content (AvgIpc) is 3.43. The van der Waals surface area contributed by atoms with Crippen LogP contribution in [-0.2, 0) is 19.4 Å². The molecule has 9 nitrogen and oxygen atoms in total. The summed E-state index contributed by atoms with van der Waals surface area (Å²) in [4.78, 5) is 22.3. The number of hydrogen-bond acceptors (Lipinski definition) is 8. The first-order chi connectivity index (χ1) is 17.3. The van der Waals surface area contributed by atoms with E-state index >= 15 is 0 Å². The molecule has 192 valence electrons. The molecule has 0 atom stereocenters. The summed E-state index contributed by atoms with van der Waals surface area (Å²) in [6.45, 7) is 3.50. The zero-order chi connectivity index (χ0) is 25.7. The number of nitrogens with one attached hydrogen (secondary N) is 1. The summed E-state index contributed by atoms with van der Waals surface area (Å²) >= 11 is 0. The van der Waals surface area contributed by atoms with Gasteiger partial charge in [-0.15, -0.1) is 0 Å². The first-order valence-corrected chi connectivity index (χ1v) is 14.0. The van der Waals surface area contributed by atoms with E-state index in [0.717, 1.165) is 67.4 Å². The predicted molar refractivity (Wildman–Crippen MR) is 139 cm³/mol. The molecular weight excluding hydrogens is 480 g/mol. The minimum Gasteiger partial charge on any atom is -0.508 e. The normalized spacial score (nSPS) is 16.4. The number of rotatable bonds is 4. The van der Waals surface area contributed by atoms with Gasteiger partial charge in [0.25, 0.3) is 0 Å². The molecule has 0 saturated carbocycles. The molecule has 2 fully saturated rings. The quantitative estimate of drug-likeness (QED) is 0.545. The van der Waals surface area contributed by atoms with Crippen LogP contribution in [0.1, 0.15) is 25.7 Å². The van der Waals surface area contributed by atoms with Crippen LogP contribution in [0.2, 0.25) is 0 Å². The van der Waals surface area contributed by atoms with Crippen LogP contribution in [-0.4, -0.2) is 73.9 Å². The summed E-state index contributed by atoms with van der Waals surface area (Å²) in [6.07, 6.45) is 8.53. The molecule has 1 amide bonds. The van der Waals surface area contributed by atoms with Gasteiger partial charge in [-0.1, -0.05) is 0 Å². The second kappa shape index (κ2) is 11.2. The van der Waals surface area contributed by atoms with Gasteiger partial charge < -0.3 is 20.1 Å². The summed E-state index contributed by atoms with van der Waals surface area (Å²) in [5.74, 6) is 0.772. The van der Waals surface area contributed by atoms with Crippen LogP contribution in [0.4, 0.5) is 5.69 Å². The van der Waals surface area contributed by atoms with E-state index in [1.54, 1.807) is 43.6 Å². The van der Waals surface area contributed by atoms with Gasteiger partial charge in [0.1, 0.15) is 5.75 Å². The molecule has 0 radical (unpaired) electrons. The van der Waals surface area contributed by atoms with Gasteiger partial charge in [-0.2, -0.15) is 0 Å². The van der Waals surface area contributed by atoms with Gasteiger partial charge in [0.15, 0.2) is 14.9 Å². The molecule has 3 aromatic rings. The number of carbonyl (C=O) groups is 1. The maximum atomic E-state index is 11.9. The Kier molecular flexibility index (Phi) is 8.05. The fourth-order valence-electron chi connectivity index (χ4n) is 4.60. The monoisotopic (exact) mass is 512 g/mol. The molecule has 2 N–H and O–H groups in total. The molecule has 4 heterocycles. The first-order valence-electron chi connectivity index (χ1n) is 12.1. The highest BCUT2D eigenvalue weighted by Crippen LogP contribution is 2.32. The number of sulfone groups is 1. The van der Waals surface area contributed by atoms with Crippen LogP contribution in [0.3, 0.4) is 0 Å². The lowest BCUT2D eigenvalue weighted by atomic mass is 9.99. The molecule has 0 aliphatic carbocycles.